The van der Waals surface area contributed by atoms with Crippen LogP contribution in [0.4, 0.5) is 5.69 Å². The Kier molecular flexibility index (Phi) is 7.13. The first kappa shape index (κ1) is 21.8. The van der Waals surface area contributed by atoms with Crippen molar-refractivity contribution in [3.8, 4) is 11.5 Å². The van der Waals surface area contributed by atoms with Crippen LogP contribution in [0, 0.1) is 10.1 Å². The Labute approximate surface area is 192 Å². The van der Waals surface area contributed by atoms with Crippen LogP contribution in [-0.2, 0) is 13.2 Å². The lowest BCUT2D eigenvalue weighted by molar-refractivity contribution is -0.384. The predicted octanol–water partition coefficient (Wildman–Crippen LogP) is 6.92. The van der Waals surface area contributed by atoms with Crippen LogP contribution in [0.2, 0.25) is 0 Å². The summed E-state index contributed by atoms with van der Waals surface area (Å²) in [7, 11) is 0. The Morgan fingerprint density at radius 2 is 1.15 bits per heavy atom. The summed E-state index contributed by atoms with van der Waals surface area (Å²) in [4.78, 5) is 10.4. The van der Waals surface area contributed by atoms with Gasteiger partial charge in [0.2, 0.25) is 0 Å². The van der Waals surface area contributed by atoms with E-state index in [1.165, 1.54) is 12.1 Å². The van der Waals surface area contributed by atoms with Crippen LogP contribution in [0.3, 0.4) is 0 Å². The molecule has 0 radical (unpaired) electrons. The first-order valence-electron chi connectivity index (χ1n) is 10.6. The van der Waals surface area contributed by atoms with Gasteiger partial charge in [-0.3, -0.25) is 10.1 Å². The summed E-state index contributed by atoms with van der Waals surface area (Å²) in [6, 6.07) is 32.2. The molecule has 5 nitrogen and oxygen atoms in total. The number of hydrogen-bond donors (Lipinski definition) is 0. The summed E-state index contributed by atoms with van der Waals surface area (Å²) in [5.41, 5.74) is 4.02. The highest BCUT2D eigenvalue weighted by Gasteiger charge is 2.08. The van der Waals surface area contributed by atoms with Crippen LogP contribution >= 0.6 is 0 Å². The van der Waals surface area contributed by atoms with Crippen LogP contribution < -0.4 is 9.47 Å². The van der Waals surface area contributed by atoms with E-state index in [4.69, 9.17) is 9.47 Å². The molecule has 4 aromatic carbocycles. The van der Waals surface area contributed by atoms with Gasteiger partial charge in [-0.1, -0.05) is 78.9 Å². The average molecular weight is 437 g/mol. The van der Waals surface area contributed by atoms with Gasteiger partial charge in [-0.15, -0.1) is 0 Å². The van der Waals surface area contributed by atoms with Crippen LogP contribution in [0.5, 0.6) is 11.5 Å². The largest absolute Gasteiger partial charge is 0.485 e. The van der Waals surface area contributed by atoms with E-state index in [1.807, 2.05) is 91.0 Å². The van der Waals surface area contributed by atoms with Gasteiger partial charge < -0.3 is 9.47 Å². The maximum absolute atomic E-state index is 10.8. The summed E-state index contributed by atoms with van der Waals surface area (Å²) >= 11 is 0. The smallest absolute Gasteiger partial charge is 0.269 e. The summed E-state index contributed by atoms with van der Waals surface area (Å²) in [5.74, 6) is 1.32. The topological polar surface area (TPSA) is 61.6 Å². The highest BCUT2D eigenvalue weighted by molar-refractivity contribution is 5.71. The molecule has 0 bridgehead atoms. The van der Waals surface area contributed by atoms with Crippen LogP contribution in [0.25, 0.3) is 12.2 Å². The molecular formula is C28H23NO4. The summed E-state index contributed by atoms with van der Waals surface area (Å²) < 4.78 is 12.2. The Hall–Kier alpha value is -4.38. The molecule has 5 heteroatoms. The van der Waals surface area contributed by atoms with E-state index in [2.05, 4.69) is 0 Å². The van der Waals surface area contributed by atoms with Gasteiger partial charge in [0.05, 0.1) is 4.92 Å². The fraction of sp³-hybridized carbons (Fsp3) is 0.0714. The quantitative estimate of drug-likeness (QED) is 0.162. The second kappa shape index (κ2) is 10.8. The predicted molar refractivity (Wildman–Crippen MR) is 130 cm³/mol. The third-order valence-electron chi connectivity index (χ3n) is 5.01. The maximum atomic E-state index is 10.8. The third kappa shape index (κ3) is 6.31. The third-order valence-corrected chi connectivity index (χ3v) is 5.01. The van der Waals surface area contributed by atoms with Gasteiger partial charge in [0, 0.05) is 12.1 Å². The van der Waals surface area contributed by atoms with Crippen molar-refractivity contribution in [1.82, 2.24) is 0 Å². The van der Waals surface area contributed by atoms with Crippen molar-refractivity contribution in [2.75, 3.05) is 0 Å². The van der Waals surface area contributed by atoms with E-state index >= 15 is 0 Å². The number of non-ortho nitro benzene ring substituents is 1. The lowest BCUT2D eigenvalue weighted by atomic mass is 10.1. The van der Waals surface area contributed by atoms with E-state index in [9.17, 15) is 10.1 Å². The average Bonchev–Trinajstić information content (AvgIpc) is 2.87. The van der Waals surface area contributed by atoms with E-state index < -0.39 is 4.92 Å². The molecule has 0 amide bonds. The molecule has 0 atom stereocenters. The Morgan fingerprint density at radius 1 is 0.636 bits per heavy atom. The van der Waals surface area contributed by atoms with E-state index in [1.54, 1.807) is 12.1 Å². The minimum absolute atomic E-state index is 0.0728. The van der Waals surface area contributed by atoms with Crippen molar-refractivity contribution in [3.63, 3.8) is 0 Å². The van der Waals surface area contributed by atoms with Gasteiger partial charge in [0.1, 0.15) is 13.2 Å². The lowest BCUT2D eigenvalue weighted by Crippen LogP contribution is -2.00. The van der Waals surface area contributed by atoms with Gasteiger partial charge in [-0.2, -0.15) is 0 Å². The number of nitro benzene ring substituents is 1. The van der Waals surface area contributed by atoms with E-state index in [0.29, 0.717) is 24.7 Å². The minimum Gasteiger partial charge on any atom is -0.485 e. The molecule has 164 valence electrons. The second-order valence-corrected chi connectivity index (χ2v) is 7.44. The minimum atomic E-state index is -0.405. The molecule has 0 saturated carbocycles. The van der Waals surface area contributed by atoms with Crippen LogP contribution in [-0.4, -0.2) is 4.92 Å². The Bertz CT molecular complexity index is 1220. The molecule has 0 saturated heterocycles. The molecule has 4 aromatic rings. The Balaban J connectivity index is 1.52. The fourth-order valence-electron chi connectivity index (χ4n) is 3.23. The van der Waals surface area contributed by atoms with E-state index in [0.717, 1.165) is 22.3 Å². The van der Waals surface area contributed by atoms with Gasteiger partial charge >= 0.3 is 0 Å². The van der Waals surface area contributed by atoms with Crippen LogP contribution in [0.1, 0.15) is 22.3 Å². The molecule has 0 unspecified atom stereocenters. The zero-order chi connectivity index (χ0) is 22.9. The number of nitro groups is 1. The summed E-state index contributed by atoms with van der Waals surface area (Å²) in [6.07, 6.45) is 3.85. The second-order valence-electron chi connectivity index (χ2n) is 7.44. The molecule has 0 aliphatic heterocycles. The van der Waals surface area contributed by atoms with Gasteiger partial charge in [-0.25, -0.2) is 0 Å². The van der Waals surface area contributed by atoms with Gasteiger partial charge in [0.25, 0.3) is 5.69 Å². The molecule has 4 rings (SSSR count). The first-order chi connectivity index (χ1) is 16.2. The summed E-state index contributed by atoms with van der Waals surface area (Å²) in [6.45, 7) is 0.874. The van der Waals surface area contributed by atoms with Gasteiger partial charge in [-0.05, 0) is 46.5 Å². The van der Waals surface area contributed by atoms with Crippen molar-refractivity contribution in [1.29, 1.82) is 0 Å². The molecule has 33 heavy (non-hydrogen) atoms. The van der Waals surface area contributed by atoms with Crippen molar-refractivity contribution in [3.05, 3.63) is 135 Å². The maximum Gasteiger partial charge on any atom is 0.269 e. The molecule has 0 aromatic heterocycles. The molecular weight excluding hydrogens is 414 g/mol. The highest BCUT2D eigenvalue weighted by atomic mass is 16.6. The zero-order valence-corrected chi connectivity index (χ0v) is 18.0. The van der Waals surface area contributed by atoms with Crippen molar-refractivity contribution in [2.45, 2.75) is 13.2 Å². The zero-order valence-electron chi connectivity index (χ0n) is 18.0. The monoisotopic (exact) mass is 437 g/mol. The van der Waals surface area contributed by atoms with Crippen LogP contribution in [0.15, 0.2) is 103 Å². The molecule has 0 aliphatic carbocycles. The Morgan fingerprint density at radius 3 is 1.73 bits per heavy atom. The summed E-state index contributed by atoms with van der Waals surface area (Å²) in [5, 5.41) is 10.8. The number of benzene rings is 4. The van der Waals surface area contributed by atoms with Crippen molar-refractivity contribution < 1.29 is 14.4 Å². The standard InChI is InChI=1S/C28H23NO4/c30-29(31)26-16-13-22(14-17-26)11-12-23-15-18-27(32-20-24-7-3-1-4-8-24)28(19-23)33-21-25-9-5-2-6-10-25/h1-19H,20-21H2. The van der Waals surface area contributed by atoms with Crippen molar-refractivity contribution >= 4 is 17.8 Å². The number of rotatable bonds is 9. The lowest BCUT2D eigenvalue weighted by Gasteiger charge is -2.14. The molecule has 0 N–H and O–H groups in total. The molecule has 0 heterocycles. The highest BCUT2D eigenvalue weighted by Crippen LogP contribution is 2.31. The molecule has 0 spiro atoms. The molecule has 0 fully saturated rings. The SMILES string of the molecule is O=[N+]([O-])c1ccc(C=Cc2ccc(OCc3ccccc3)c(OCc3ccccc3)c2)cc1. The normalized spacial score (nSPS) is 10.8. The number of ether oxygens (including phenoxy) is 2. The number of nitrogens with zero attached hydrogens (tertiary/aromatic N) is 1. The van der Waals surface area contributed by atoms with Gasteiger partial charge in [0.15, 0.2) is 11.5 Å². The molecule has 0 aliphatic rings. The first-order valence-corrected chi connectivity index (χ1v) is 10.6. The fourth-order valence-corrected chi connectivity index (χ4v) is 3.23. The number of hydrogen-bond acceptors (Lipinski definition) is 4. The van der Waals surface area contributed by atoms with E-state index in [-0.39, 0.29) is 5.69 Å². The van der Waals surface area contributed by atoms with Crippen molar-refractivity contribution in [2.24, 2.45) is 0 Å².